The predicted octanol–water partition coefficient (Wildman–Crippen LogP) is 1.12. The van der Waals surface area contributed by atoms with Gasteiger partial charge in [-0.15, -0.1) is 0 Å². The van der Waals surface area contributed by atoms with Gasteiger partial charge in [0, 0.05) is 0 Å². The van der Waals surface area contributed by atoms with E-state index in [0.717, 1.165) is 11.9 Å². The molecule has 0 amide bonds. The number of hydrogen-bond donors (Lipinski definition) is 0. The van der Waals surface area contributed by atoms with Crippen molar-refractivity contribution in [3.05, 3.63) is 11.8 Å². The second-order valence-electron chi connectivity index (χ2n) is 2.36. The molecule has 0 aromatic rings. The van der Waals surface area contributed by atoms with Gasteiger partial charge >= 0.3 is 0 Å². The van der Waals surface area contributed by atoms with Crippen LogP contribution in [-0.2, 0) is 9.53 Å². The van der Waals surface area contributed by atoms with Gasteiger partial charge in [0.25, 0.3) is 0 Å². The van der Waals surface area contributed by atoms with Gasteiger partial charge < -0.3 is 9.53 Å². The summed E-state index contributed by atoms with van der Waals surface area (Å²) in [7, 11) is 0. The van der Waals surface area contributed by atoms with Crippen molar-refractivity contribution in [3.63, 3.8) is 0 Å². The monoisotopic (exact) mass is 126 g/mol. The van der Waals surface area contributed by atoms with Crippen LogP contribution in [0.3, 0.4) is 0 Å². The smallest absolute Gasteiger partial charge is 0.130 e. The Labute approximate surface area is 54.5 Å². The third-order valence-electron chi connectivity index (χ3n) is 1.65. The maximum Gasteiger partial charge on any atom is 0.130 e. The van der Waals surface area contributed by atoms with Gasteiger partial charge in [0.05, 0.1) is 12.2 Å². The average molecular weight is 126 g/mol. The minimum Gasteiger partial charge on any atom is -0.497 e. The van der Waals surface area contributed by atoms with Crippen LogP contribution in [0.4, 0.5) is 0 Å². The minimum absolute atomic E-state index is 0.00926. The molecule has 1 rings (SSSR count). The van der Waals surface area contributed by atoms with E-state index in [1.54, 1.807) is 6.26 Å². The fourth-order valence-electron chi connectivity index (χ4n) is 0.966. The third-order valence-corrected chi connectivity index (χ3v) is 1.65. The maximum atomic E-state index is 10.3. The van der Waals surface area contributed by atoms with E-state index in [1.165, 1.54) is 0 Å². The van der Waals surface area contributed by atoms with Crippen LogP contribution < -0.4 is 0 Å². The SMILES string of the molecule is CC1=COC(C)C1C=O. The highest BCUT2D eigenvalue weighted by molar-refractivity contribution is 5.60. The molecule has 50 valence electrons. The van der Waals surface area contributed by atoms with E-state index in [9.17, 15) is 4.79 Å². The molecule has 0 aromatic carbocycles. The number of ether oxygens (including phenoxy) is 1. The number of rotatable bonds is 1. The van der Waals surface area contributed by atoms with Crippen molar-refractivity contribution in [1.29, 1.82) is 0 Å². The molecular formula is C7H10O2. The first-order valence-corrected chi connectivity index (χ1v) is 3.03. The van der Waals surface area contributed by atoms with Gasteiger partial charge in [0.1, 0.15) is 12.4 Å². The summed E-state index contributed by atoms with van der Waals surface area (Å²) < 4.78 is 5.08. The Morgan fingerprint density at radius 1 is 1.78 bits per heavy atom. The molecule has 0 radical (unpaired) electrons. The lowest BCUT2D eigenvalue weighted by Gasteiger charge is -2.07. The highest BCUT2D eigenvalue weighted by atomic mass is 16.5. The summed E-state index contributed by atoms with van der Waals surface area (Å²) in [4.78, 5) is 10.3. The highest BCUT2D eigenvalue weighted by Gasteiger charge is 2.24. The van der Waals surface area contributed by atoms with Crippen molar-refractivity contribution in [2.45, 2.75) is 20.0 Å². The molecule has 0 spiro atoms. The van der Waals surface area contributed by atoms with Crippen molar-refractivity contribution >= 4 is 6.29 Å². The molecule has 2 heteroatoms. The van der Waals surface area contributed by atoms with E-state index < -0.39 is 0 Å². The lowest BCUT2D eigenvalue weighted by molar-refractivity contribution is -0.111. The van der Waals surface area contributed by atoms with Crippen molar-refractivity contribution in [3.8, 4) is 0 Å². The van der Waals surface area contributed by atoms with E-state index in [-0.39, 0.29) is 12.0 Å². The summed E-state index contributed by atoms with van der Waals surface area (Å²) >= 11 is 0. The van der Waals surface area contributed by atoms with Gasteiger partial charge in [-0.05, 0) is 19.4 Å². The molecule has 0 N–H and O–H groups in total. The molecule has 0 fully saturated rings. The predicted molar refractivity (Wildman–Crippen MR) is 33.9 cm³/mol. The van der Waals surface area contributed by atoms with Crippen LogP contribution in [0.5, 0.6) is 0 Å². The fraction of sp³-hybridized carbons (Fsp3) is 0.571. The summed E-state index contributed by atoms with van der Waals surface area (Å²) in [6.07, 6.45) is 2.63. The van der Waals surface area contributed by atoms with Crippen LogP contribution in [0.25, 0.3) is 0 Å². The van der Waals surface area contributed by atoms with Crippen molar-refractivity contribution in [2.75, 3.05) is 0 Å². The Bertz CT molecular complexity index is 149. The molecule has 0 saturated carbocycles. The van der Waals surface area contributed by atoms with E-state index in [1.807, 2.05) is 13.8 Å². The number of carbonyl (C=O) groups excluding carboxylic acids is 1. The normalized spacial score (nSPS) is 33.3. The minimum atomic E-state index is -0.00926. The van der Waals surface area contributed by atoms with Crippen LogP contribution >= 0.6 is 0 Å². The van der Waals surface area contributed by atoms with Crippen LogP contribution in [-0.4, -0.2) is 12.4 Å². The molecule has 0 saturated heterocycles. The molecule has 2 nitrogen and oxygen atoms in total. The molecule has 2 unspecified atom stereocenters. The Kier molecular flexibility index (Phi) is 1.56. The van der Waals surface area contributed by atoms with Gasteiger partial charge in [0.15, 0.2) is 0 Å². The summed E-state index contributed by atoms with van der Waals surface area (Å²) in [5, 5.41) is 0. The molecular weight excluding hydrogens is 116 g/mol. The third kappa shape index (κ3) is 0.969. The molecule has 1 heterocycles. The molecule has 1 aliphatic rings. The molecule has 1 aliphatic heterocycles. The van der Waals surface area contributed by atoms with Crippen LogP contribution in [0.15, 0.2) is 11.8 Å². The lowest BCUT2D eigenvalue weighted by Crippen LogP contribution is -2.14. The van der Waals surface area contributed by atoms with E-state index in [4.69, 9.17) is 4.74 Å². The number of aldehydes is 1. The zero-order chi connectivity index (χ0) is 6.85. The van der Waals surface area contributed by atoms with Crippen molar-refractivity contribution in [2.24, 2.45) is 5.92 Å². The standard InChI is InChI=1S/C7H10O2/c1-5-4-9-6(2)7(5)3-8/h3-4,6-7H,1-2H3. The molecule has 0 aliphatic carbocycles. The first-order chi connectivity index (χ1) is 4.25. The fourth-order valence-corrected chi connectivity index (χ4v) is 0.966. The lowest BCUT2D eigenvalue weighted by atomic mass is 10.0. The molecule has 0 aromatic heterocycles. The van der Waals surface area contributed by atoms with Gasteiger partial charge in [-0.1, -0.05) is 0 Å². The van der Waals surface area contributed by atoms with Gasteiger partial charge in [-0.3, -0.25) is 0 Å². The van der Waals surface area contributed by atoms with Crippen LogP contribution in [0, 0.1) is 5.92 Å². The van der Waals surface area contributed by atoms with Gasteiger partial charge in [-0.2, -0.15) is 0 Å². The van der Waals surface area contributed by atoms with E-state index in [2.05, 4.69) is 0 Å². The molecule has 9 heavy (non-hydrogen) atoms. The number of hydrogen-bond acceptors (Lipinski definition) is 2. The quantitative estimate of drug-likeness (QED) is 0.492. The Morgan fingerprint density at radius 3 is 2.67 bits per heavy atom. The molecule has 2 atom stereocenters. The van der Waals surface area contributed by atoms with Gasteiger partial charge in [0.2, 0.25) is 0 Å². The summed E-state index contributed by atoms with van der Waals surface area (Å²) in [5.74, 6) is -0.00926. The highest BCUT2D eigenvalue weighted by Crippen LogP contribution is 2.22. The van der Waals surface area contributed by atoms with Gasteiger partial charge in [-0.25, -0.2) is 0 Å². The Hall–Kier alpha value is -0.790. The maximum absolute atomic E-state index is 10.3. The largest absolute Gasteiger partial charge is 0.497 e. The first kappa shape index (κ1) is 6.33. The van der Waals surface area contributed by atoms with E-state index >= 15 is 0 Å². The van der Waals surface area contributed by atoms with Crippen LogP contribution in [0.1, 0.15) is 13.8 Å². The zero-order valence-electron chi connectivity index (χ0n) is 5.63. The Morgan fingerprint density at radius 2 is 2.44 bits per heavy atom. The zero-order valence-corrected chi connectivity index (χ0v) is 5.63. The summed E-state index contributed by atoms with van der Waals surface area (Å²) in [5.41, 5.74) is 1.03. The second kappa shape index (κ2) is 2.21. The van der Waals surface area contributed by atoms with E-state index in [0.29, 0.717) is 0 Å². The molecule has 0 bridgehead atoms. The Balaban J connectivity index is 2.67. The number of carbonyl (C=O) groups is 1. The second-order valence-corrected chi connectivity index (χ2v) is 2.36. The summed E-state index contributed by atoms with van der Waals surface area (Å²) in [6.45, 7) is 3.80. The topological polar surface area (TPSA) is 26.3 Å². The van der Waals surface area contributed by atoms with Crippen molar-refractivity contribution in [1.82, 2.24) is 0 Å². The average Bonchev–Trinajstić information content (AvgIpc) is 2.12. The first-order valence-electron chi connectivity index (χ1n) is 3.03. The summed E-state index contributed by atoms with van der Waals surface area (Å²) in [6, 6.07) is 0. The van der Waals surface area contributed by atoms with Crippen molar-refractivity contribution < 1.29 is 9.53 Å². The van der Waals surface area contributed by atoms with Crippen LogP contribution in [0.2, 0.25) is 0 Å².